The second-order valence-electron chi connectivity index (χ2n) is 11.0. The number of nitrogens with two attached hydrogens (primary N) is 1. The Morgan fingerprint density at radius 1 is 0.935 bits per heavy atom. The summed E-state index contributed by atoms with van der Waals surface area (Å²) in [7, 11) is 0. The Bertz CT molecular complexity index is 2070. The van der Waals surface area contributed by atoms with Crippen molar-refractivity contribution < 1.29 is 9.50 Å². The maximum atomic E-state index is 13.6. The minimum Gasteiger partial charge on any atom is -0.506 e. The van der Waals surface area contributed by atoms with Crippen molar-refractivity contribution in [3.8, 4) is 40.3 Å². The molecular weight excluding hydrogens is 585 g/mol. The minimum absolute atomic E-state index is 0.0368. The first-order valence-corrected chi connectivity index (χ1v) is 14.7. The molecule has 0 unspecified atom stereocenters. The molecule has 1 fully saturated rings. The second kappa shape index (κ2) is 12.2. The van der Waals surface area contributed by atoms with Crippen molar-refractivity contribution in [1.29, 1.82) is 5.26 Å². The third kappa shape index (κ3) is 5.89. The zero-order chi connectivity index (χ0) is 31.6. The van der Waals surface area contributed by atoms with E-state index in [2.05, 4.69) is 42.3 Å². The summed E-state index contributed by atoms with van der Waals surface area (Å²) < 4.78 is 15.4. The number of imidazole rings is 1. The molecule has 0 radical (unpaired) electrons. The van der Waals surface area contributed by atoms with Gasteiger partial charge in [-0.05, 0) is 66.9 Å². The van der Waals surface area contributed by atoms with E-state index >= 15 is 0 Å². The van der Waals surface area contributed by atoms with Crippen LogP contribution in [0.1, 0.15) is 24.2 Å². The molecule has 7 rings (SSSR count). The van der Waals surface area contributed by atoms with Crippen LogP contribution < -0.4 is 11.1 Å². The van der Waals surface area contributed by atoms with Gasteiger partial charge in [0.2, 0.25) is 5.82 Å². The zero-order valence-electron chi connectivity index (χ0n) is 24.5. The van der Waals surface area contributed by atoms with E-state index in [1.807, 2.05) is 28.8 Å². The van der Waals surface area contributed by atoms with Crippen LogP contribution in [-0.4, -0.2) is 63.6 Å². The molecule has 4 N–H and O–H groups in total. The van der Waals surface area contributed by atoms with Crippen molar-refractivity contribution in [3.63, 3.8) is 0 Å². The number of hydrogen-bond acceptors (Lipinski definition) is 11. The number of pyridine rings is 3. The Labute approximate surface area is 263 Å². The lowest BCUT2D eigenvalue weighted by molar-refractivity contribution is 0.211. The number of nitriles is 1. The number of benzene rings is 1. The fraction of sp³-hybridized carbons (Fsp3) is 0.182. The molecule has 228 valence electrons. The molecule has 1 saturated heterocycles. The molecule has 5 aromatic heterocycles. The van der Waals surface area contributed by atoms with Gasteiger partial charge in [-0.1, -0.05) is 12.1 Å². The first-order valence-electron chi connectivity index (χ1n) is 14.7. The van der Waals surface area contributed by atoms with Crippen molar-refractivity contribution >= 4 is 22.8 Å². The molecule has 13 heteroatoms. The maximum absolute atomic E-state index is 13.6. The van der Waals surface area contributed by atoms with Gasteiger partial charge >= 0.3 is 0 Å². The van der Waals surface area contributed by atoms with Crippen LogP contribution in [0, 0.1) is 17.1 Å². The van der Waals surface area contributed by atoms with E-state index in [-0.39, 0.29) is 23.4 Å². The van der Waals surface area contributed by atoms with Crippen molar-refractivity contribution in [2.75, 3.05) is 24.1 Å². The highest BCUT2D eigenvalue weighted by atomic mass is 19.1. The third-order valence-corrected chi connectivity index (χ3v) is 7.94. The fourth-order valence-electron chi connectivity index (χ4n) is 5.64. The summed E-state index contributed by atoms with van der Waals surface area (Å²) in [6.07, 6.45) is 5.94. The number of hydrogen-bond donors (Lipinski definition) is 3. The first kappa shape index (κ1) is 28.8. The Balaban J connectivity index is 1.15. The van der Waals surface area contributed by atoms with Gasteiger partial charge in [0.25, 0.3) is 0 Å². The normalized spacial score (nSPS) is 13.9. The molecule has 6 aromatic rings. The average Bonchev–Trinajstić information content (AvgIpc) is 3.46. The lowest BCUT2D eigenvalue weighted by Gasteiger charge is -2.32. The maximum Gasteiger partial charge on any atom is 0.234 e. The highest BCUT2D eigenvalue weighted by molar-refractivity contribution is 5.84. The summed E-state index contributed by atoms with van der Waals surface area (Å²) in [5.41, 5.74) is 10.9. The number of rotatable bonds is 7. The molecule has 12 nitrogen and oxygen atoms in total. The second-order valence-corrected chi connectivity index (χ2v) is 11.0. The lowest BCUT2D eigenvalue weighted by atomic mass is 10.0. The van der Waals surface area contributed by atoms with E-state index in [4.69, 9.17) is 21.0 Å². The van der Waals surface area contributed by atoms with Crippen LogP contribution in [0.25, 0.3) is 39.6 Å². The van der Waals surface area contributed by atoms with Gasteiger partial charge in [-0.25, -0.2) is 29.3 Å². The molecule has 1 aliphatic heterocycles. The summed E-state index contributed by atoms with van der Waals surface area (Å²) in [6.45, 7) is 2.62. The van der Waals surface area contributed by atoms with E-state index in [0.29, 0.717) is 39.8 Å². The standard InChI is InChI=1S/C33H28FN11O/c34-21-3-6-26(38-17-21)27-7-8-28-33(41-27)45(32(42-28)25-15-24(46)18-39-31(25)36)23-4-1-20(2-5-23)19-44-13-10-22(11-14-44)40-29-9-12-37-30(16-35)43-29/h1-9,12,15,17-18,22,46H,10-11,13-14,19H2,(H2,36,39)(H,37,40,43). The average molecular weight is 614 g/mol. The van der Waals surface area contributed by atoms with E-state index in [9.17, 15) is 9.50 Å². The van der Waals surface area contributed by atoms with Crippen molar-refractivity contribution in [2.45, 2.75) is 25.4 Å². The fourth-order valence-corrected chi connectivity index (χ4v) is 5.64. The third-order valence-electron chi connectivity index (χ3n) is 7.94. The van der Waals surface area contributed by atoms with E-state index in [0.717, 1.165) is 49.9 Å². The molecule has 1 aromatic carbocycles. The number of aromatic hydroxyl groups is 1. The van der Waals surface area contributed by atoms with Gasteiger partial charge in [-0.2, -0.15) is 5.26 Å². The van der Waals surface area contributed by atoms with Gasteiger partial charge in [0, 0.05) is 37.6 Å². The smallest absolute Gasteiger partial charge is 0.234 e. The minimum atomic E-state index is -0.428. The number of piperidine rings is 1. The number of anilines is 2. The Kier molecular flexibility index (Phi) is 7.61. The summed E-state index contributed by atoms with van der Waals surface area (Å²) in [5, 5.41) is 22.7. The number of fused-ring (bicyclic) bond motifs is 1. The number of nitrogens with zero attached hydrogens (tertiary/aromatic N) is 9. The highest BCUT2D eigenvalue weighted by Gasteiger charge is 2.22. The van der Waals surface area contributed by atoms with Crippen LogP contribution in [0.3, 0.4) is 0 Å². The summed E-state index contributed by atoms with van der Waals surface area (Å²) in [6, 6.07) is 20.3. The van der Waals surface area contributed by atoms with Crippen LogP contribution in [0.5, 0.6) is 5.75 Å². The molecule has 0 atom stereocenters. The number of halogens is 1. The lowest BCUT2D eigenvalue weighted by Crippen LogP contribution is -2.38. The van der Waals surface area contributed by atoms with E-state index in [1.165, 1.54) is 18.3 Å². The van der Waals surface area contributed by atoms with E-state index in [1.54, 1.807) is 24.4 Å². The summed E-state index contributed by atoms with van der Waals surface area (Å²) in [5.74, 6) is 1.05. The van der Waals surface area contributed by atoms with Gasteiger partial charge in [0.15, 0.2) is 11.5 Å². The van der Waals surface area contributed by atoms with Gasteiger partial charge < -0.3 is 16.2 Å². The number of nitrogen functional groups attached to an aromatic ring is 1. The Hall–Kier alpha value is -6.00. The molecule has 6 heterocycles. The quantitative estimate of drug-likeness (QED) is 0.228. The highest BCUT2D eigenvalue weighted by Crippen LogP contribution is 2.33. The SMILES string of the molecule is N#Cc1nccc(NC2CCN(Cc3ccc(-n4c(-c5cc(O)cnc5N)nc5ccc(-c6ccc(F)cn6)nc54)cc3)CC2)n1. The van der Waals surface area contributed by atoms with E-state index < -0.39 is 5.82 Å². The van der Waals surface area contributed by atoms with Gasteiger partial charge in [-0.3, -0.25) is 14.5 Å². The molecule has 0 amide bonds. The molecule has 46 heavy (non-hydrogen) atoms. The Morgan fingerprint density at radius 2 is 1.74 bits per heavy atom. The van der Waals surface area contributed by atoms with Crippen molar-refractivity contribution in [3.05, 3.63) is 96.5 Å². The molecule has 0 spiro atoms. The molecule has 0 bridgehead atoms. The first-order chi connectivity index (χ1) is 22.4. The predicted molar refractivity (Wildman–Crippen MR) is 170 cm³/mol. The van der Waals surface area contributed by atoms with Crippen molar-refractivity contribution in [2.24, 2.45) is 0 Å². The van der Waals surface area contributed by atoms with Crippen molar-refractivity contribution in [1.82, 2.24) is 39.4 Å². The molecular formula is C33H28FN11O. The zero-order valence-corrected chi connectivity index (χ0v) is 24.5. The number of aromatic nitrogens is 7. The summed E-state index contributed by atoms with van der Waals surface area (Å²) >= 11 is 0. The topological polar surface area (TPSA) is 168 Å². The molecule has 1 aliphatic rings. The predicted octanol–water partition coefficient (Wildman–Crippen LogP) is 4.71. The van der Waals surface area contributed by atoms with Crippen LogP contribution in [-0.2, 0) is 6.54 Å². The van der Waals surface area contributed by atoms with Gasteiger partial charge in [0.05, 0.1) is 29.3 Å². The Morgan fingerprint density at radius 3 is 2.50 bits per heavy atom. The van der Waals surface area contributed by atoms with Crippen LogP contribution in [0.4, 0.5) is 16.0 Å². The van der Waals surface area contributed by atoms with Crippen LogP contribution in [0.2, 0.25) is 0 Å². The largest absolute Gasteiger partial charge is 0.506 e. The summed E-state index contributed by atoms with van der Waals surface area (Å²) in [4.78, 5) is 28.6. The van der Waals surface area contributed by atoms with Gasteiger partial charge in [0.1, 0.15) is 34.8 Å². The van der Waals surface area contributed by atoms with Gasteiger partial charge in [-0.15, -0.1) is 0 Å². The van der Waals surface area contributed by atoms with Crippen LogP contribution >= 0.6 is 0 Å². The number of nitrogens with one attached hydrogen (secondary N) is 1. The molecule has 0 saturated carbocycles. The van der Waals surface area contributed by atoms with Crippen LogP contribution in [0.15, 0.2) is 79.3 Å². The monoisotopic (exact) mass is 613 g/mol. The number of likely N-dealkylation sites (tertiary alicyclic amines) is 1. The molecule has 0 aliphatic carbocycles.